The molecule has 6 nitrogen and oxygen atoms in total. The second-order valence-electron chi connectivity index (χ2n) is 6.87. The minimum Gasteiger partial charge on any atom is -0.350 e. The summed E-state index contributed by atoms with van der Waals surface area (Å²) >= 11 is 0. The fourth-order valence-corrected chi connectivity index (χ4v) is 3.29. The van der Waals surface area contributed by atoms with Gasteiger partial charge in [0.2, 0.25) is 0 Å². The van der Waals surface area contributed by atoms with Gasteiger partial charge in [0.25, 0.3) is 17.7 Å². The lowest BCUT2D eigenvalue weighted by Gasteiger charge is -2.25. The van der Waals surface area contributed by atoms with Gasteiger partial charge in [-0.2, -0.15) is 0 Å². The minimum absolute atomic E-state index is 0.0193. The quantitative estimate of drug-likeness (QED) is 0.595. The first-order chi connectivity index (χ1) is 13.4. The molecule has 0 aromatic heterocycles. The van der Waals surface area contributed by atoms with Crippen LogP contribution in [0.4, 0.5) is 0 Å². The third-order valence-electron chi connectivity index (χ3n) is 4.81. The lowest BCUT2D eigenvalue weighted by Crippen LogP contribution is -2.34. The zero-order chi connectivity index (χ0) is 20.3. The molecule has 3 amide bonds. The molecule has 0 saturated carbocycles. The van der Waals surface area contributed by atoms with Crippen LogP contribution in [0.2, 0.25) is 0 Å². The van der Waals surface area contributed by atoms with E-state index >= 15 is 0 Å². The third-order valence-corrected chi connectivity index (χ3v) is 4.81. The number of hydrogen-bond donors (Lipinski definition) is 1. The van der Waals surface area contributed by atoms with Crippen molar-refractivity contribution >= 4 is 17.7 Å². The van der Waals surface area contributed by atoms with Crippen LogP contribution >= 0.6 is 0 Å². The Bertz CT molecular complexity index is 922. The van der Waals surface area contributed by atoms with Gasteiger partial charge in [-0.15, -0.1) is 6.58 Å². The Balaban J connectivity index is 1.75. The van der Waals surface area contributed by atoms with Gasteiger partial charge in [0, 0.05) is 18.7 Å². The second-order valence-corrected chi connectivity index (χ2v) is 6.87. The van der Waals surface area contributed by atoms with Crippen LogP contribution in [0.15, 0.2) is 61.2 Å². The standard InChI is InChI=1S/C22H23N3O3/c1-4-12-25-21(27)17-11-10-16(13-18(17)22(25)28)20(26)23-14-19(24(2)3)15-8-6-5-7-9-15/h4-11,13,19H,1,12,14H2,2-3H3,(H,23,26)/t19-/m1/s1. The molecule has 1 heterocycles. The van der Waals surface area contributed by atoms with Crippen molar-refractivity contribution in [1.82, 2.24) is 15.1 Å². The molecule has 0 bridgehead atoms. The van der Waals surface area contributed by atoms with Crippen LogP contribution in [0, 0.1) is 0 Å². The molecule has 0 spiro atoms. The molecule has 0 unspecified atom stereocenters. The highest BCUT2D eigenvalue weighted by atomic mass is 16.2. The number of likely N-dealkylation sites (N-methyl/N-ethyl adjacent to an activating group) is 1. The smallest absolute Gasteiger partial charge is 0.261 e. The van der Waals surface area contributed by atoms with Gasteiger partial charge in [-0.1, -0.05) is 36.4 Å². The molecular formula is C22H23N3O3. The Kier molecular flexibility index (Phi) is 5.70. The summed E-state index contributed by atoms with van der Waals surface area (Å²) in [6.07, 6.45) is 1.50. The van der Waals surface area contributed by atoms with Gasteiger partial charge in [-0.25, -0.2) is 0 Å². The summed E-state index contributed by atoms with van der Waals surface area (Å²) in [5.74, 6) is -1.04. The molecule has 28 heavy (non-hydrogen) atoms. The molecule has 0 saturated heterocycles. The topological polar surface area (TPSA) is 69.7 Å². The molecule has 0 radical (unpaired) electrons. The molecule has 1 aliphatic rings. The van der Waals surface area contributed by atoms with Gasteiger partial charge in [0.1, 0.15) is 0 Å². The number of carbonyl (C=O) groups excluding carboxylic acids is 3. The van der Waals surface area contributed by atoms with E-state index in [1.807, 2.05) is 49.3 Å². The number of rotatable bonds is 7. The fourth-order valence-electron chi connectivity index (χ4n) is 3.29. The summed E-state index contributed by atoms with van der Waals surface area (Å²) in [4.78, 5) is 40.5. The van der Waals surface area contributed by atoms with E-state index in [0.29, 0.717) is 17.7 Å². The van der Waals surface area contributed by atoms with Crippen LogP contribution in [-0.4, -0.2) is 54.7 Å². The number of fused-ring (bicyclic) bond motifs is 1. The van der Waals surface area contributed by atoms with Crippen LogP contribution < -0.4 is 5.32 Å². The van der Waals surface area contributed by atoms with Gasteiger partial charge in [-0.3, -0.25) is 19.3 Å². The fraction of sp³-hybridized carbons (Fsp3) is 0.227. The van der Waals surface area contributed by atoms with Crippen LogP contribution in [0.1, 0.15) is 42.7 Å². The van der Waals surface area contributed by atoms with Crippen LogP contribution in [0.5, 0.6) is 0 Å². The van der Waals surface area contributed by atoms with Crippen molar-refractivity contribution in [2.45, 2.75) is 6.04 Å². The van der Waals surface area contributed by atoms with Gasteiger partial charge < -0.3 is 10.2 Å². The summed E-state index contributed by atoms with van der Waals surface area (Å²) in [5.41, 5.74) is 2.03. The Morgan fingerprint density at radius 2 is 1.79 bits per heavy atom. The van der Waals surface area contributed by atoms with E-state index in [2.05, 4.69) is 11.9 Å². The van der Waals surface area contributed by atoms with Gasteiger partial charge in [-0.05, 0) is 37.9 Å². The third kappa shape index (κ3) is 3.73. The Morgan fingerprint density at radius 3 is 2.43 bits per heavy atom. The molecule has 6 heteroatoms. The van der Waals surface area contributed by atoms with E-state index in [1.54, 1.807) is 6.07 Å². The minimum atomic E-state index is -0.398. The summed E-state index contributed by atoms with van der Waals surface area (Å²) < 4.78 is 0. The zero-order valence-electron chi connectivity index (χ0n) is 16.0. The van der Waals surface area contributed by atoms with E-state index in [9.17, 15) is 14.4 Å². The van der Waals surface area contributed by atoms with Crippen molar-refractivity contribution in [2.24, 2.45) is 0 Å². The molecular weight excluding hydrogens is 354 g/mol. The molecule has 2 aromatic carbocycles. The Labute approximate surface area is 164 Å². The lowest BCUT2D eigenvalue weighted by atomic mass is 10.0. The molecule has 1 atom stereocenters. The van der Waals surface area contributed by atoms with Crippen molar-refractivity contribution in [2.75, 3.05) is 27.2 Å². The number of nitrogens with one attached hydrogen (secondary N) is 1. The molecule has 2 aromatic rings. The van der Waals surface area contributed by atoms with Crippen LogP contribution in [-0.2, 0) is 0 Å². The number of nitrogens with zero attached hydrogens (tertiary/aromatic N) is 2. The first-order valence-corrected chi connectivity index (χ1v) is 9.04. The lowest BCUT2D eigenvalue weighted by molar-refractivity contribution is 0.0672. The summed E-state index contributed by atoms with van der Waals surface area (Å²) in [7, 11) is 3.91. The monoisotopic (exact) mass is 377 g/mol. The van der Waals surface area contributed by atoms with E-state index in [0.717, 1.165) is 10.5 Å². The van der Waals surface area contributed by atoms with E-state index in [1.165, 1.54) is 18.2 Å². The average molecular weight is 377 g/mol. The number of imide groups is 1. The summed E-state index contributed by atoms with van der Waals surface area (Å²) in [5, 5.41) is 2.93. The van der Waals surface area contributed by atoms with Crippen molar-refractivity contribution in [1.29, 1.82) is 0 Å². The second kappa shape index (κ2) is 8.19. The maximum Gasteiger partial charge on any atom is 0.261 e. The Hall–Kier alpha value is -3.25. The average Bonchev–Trinajstić information content (AvgIpc) is 2.93. The van der Waals surface area contributed by atoms with Crippen molar-refractivity contribution in [3.63, 3.8) is 0 Å². The molecule has 144 valence electrons. The maximum absolute atomic E-state index is 12.6. The number of hydrogen-bond acceptors (Lipinski definition) is 4. The molecule has 0 aliphatic carbocycles. The number of carbonyl (C=O) groups is 3. The van der Waals surface area contributed by atoms with E-state index in [4.69, 9.17) is 0 Å². The number of benzene rings is 2. The molecule has 0 fully saturated rings. The largest absolute Gasteiger partial charge is 0.350 e. The summed E-state index contributed by atoms with van der Waals surface area (Å²) in [6.45, 7) is 4.13. The van der Waals surface area contributed by atoms with Crippen molar-refractivity contribution in [3.05, 3.63) is 83.4 Å². The van der Waals surface area contributed by atoms with E-state index in [-0.39, 0.29) is 30.0 Å². The number of amides is 3. The highest BCUT2D eigenvalue weighted by molar-refractivity contribution is 6.22. The normalized spacial score (nSPS) is 14.2. The first-order valence-electron chi connectivity index (χ1n) is 9.04. The van der Waals surface area contributed by atoms with Crippen LogP contribution in [0.3, 0.4) is 0 Å². The summed E-state index contributed by atoms with van der Waals surface area (Å²) in [6, 6.07) is 14.5. The van der Waals surface area contributed by atoms with Gasteiger partial charge in [0.15, 0.2) is 0 Å². The highest BCUT2D eigenvalue weighted by Gasteiger charge is 2.35. The predicted molar refractivity (Wildman–Crippen MR) is 107 cm³/mol. The van der Waals surface area contributed by atoms with Gasteiger partial charge in [0.05, 0.1) is 17.2 Å². The first kappa shape index (κ1) is 19.5. The molecule has 1 N–H and O–H groups in total. The maximum atomic E-state index is 12.6. The SMILES string of the molecule is C=CCN1C(=O)c2ccc(C(=O)NC[C@H](c3ccccc3)N(C)C)cc2C1=O. The molecule has 1 aliphatic heterocycles. The zero-order valence-corrected chi connectivity index (χ0v) is 16.0. The van der Waals surface area contributed by atoms with Crippen LogP contribution in [0.25, 0.3) is 0 Å². The molecule has 3 rings (SSSR count). The van der Waals surface area contributed by atoms with E-state index < -0.39 is 5.91 Å². The highest BCUT2D eigenvalue weighted by Crippen LogP contribution is 2.24. The van der Waals surface area contributed by atoms with Crippen molar-refractivity contribution in [3.8, 4) is 0 Å². The van der Waals surface area contributed by atoms with Gasteiger partial charge >= 0.3 is 0 Å². The van der Waals surface area contributed by atoms with Crippen molar-refractivity contribution < 1.29 is 14.4 Å². The Morgan fingerprint density at radius 1 is 1.11 bits per heavy atom. The predicted octanol–water partition coefficient (Wildman–Crippen LogP) is 2.50.